The second kappa shape index (κ2) is 7.85. The first kappa shape index (κ1) is 19.3. The summed E-state index contributed by atoms with van der Waals surface area (Å²) in [6.07, 6.45) is 4.12. The highest BCUT2D eigenvalue weighted by Gasteiger charge is 2.36. The van der Waals surface area contributed by atoms with Crippen molar-refractivity contribution in [1.82, 2.24) is 15.2 Å². The first-order valence-electron chi connectivity index (χ1n) is 10.7. The van der Waals surface area contributed by atoms with Crippen molar-refractivity contribution < 1.29 is 14.3 Å². The minimum atomic E-state index is -0.710. The van der Waals surface area contributed by atoms with Gasteiger partial charge >= 0.3 is 0 Å². The Balaban J connectivity index is 1.24. The van der Waals surface area contributed by atoms with Crippen LogP contribution in [0.5, 0.6) is 0 Å². The number of para-hydroxylation sites is 2. The van der Waals surface area contributed by atoms with Gasteiger partial charge in [0.15, 0.2) is 5.58 Å². The highest BCUT2D eigenvalue weighted by molar-refractivity contribution is 5.79. The summed E-state index contributed by atoms with van der Waals surface area (Å²) in [6.45, 7) is 0. The van der Waals surface area contributed by atoms with Gasteiger partial charge < -0.3 is 14.8 Å². The second-order valence-electron chi connectivity index (χ2n) is 8.59. The largest absolute Gasteiger partial charge is 0.436 e. The molecular weight excluding hydrogens is 378 g/mol. The molecule has 2 aliphatic carbocycles. The Labute approximate surface area is 175 Å². The average molecular weight is 405 g/mol. The van der Waals surface area contributed by atoms with Crippen LogP contribution in [0.1, 0.15) is 43.9 Å². The van der Waals surface area contributed by atoms with Crippen LogP contribution in [0.4, 0.5) is 0 Å². The normalized spacial score (nSPS) is 22.5. The maximum Gasteiger partial charge on any atom is 0.227 e. The number of oxazole rings is 1. The quantitative estimate of drug-likeness (QED) is 0.609. The molecular formula is C24H27N3O3. The average Bonchev–Trinajstić information content (AvgIpc) is 3.28. The minimum absolute atomic E-state index is 0.0618. The first-order valence-corrected chi connectivity index (χ1v) is 10.7. The Morgan fingerprint density at radius 3 is 2.63 bits per heavy atom. The van der Waals surface area contributed by atoms with Gasteiger partial charge in [0.2, 0.25) is 11.8 Å². The van der Waals surface area contributed by atoms with Crippen molar-refractivity contribution in [1.29, 1.82) is 0 Å². The van der Waals surface area contributed by atoms with Crippen molar-refractivity contribution in [2.45, 2.75) is 50.4 Å². The zero-order chi connectivity index (χ0) is 20.7. The highest BCUT2D eigenvalue weighted by Crippen LogP contribution is 2.34. The van der Waals surface area contributed by atoms with Crippen molar-refractivity contribution in [3.63, 3.8) is 0 Å². The van der Waals surface area contributed by atoms with Crippen LogP contribution in [0.25, 0.3) is 22.6 Å². The number of aromatic nitrogens is 1. The zero-order valence-corrected chi connectivity index (χ0v) is 17.1. The van der Waals surface area contributed by atoms with E-state index in [4.69, 9.17) is 4.42 Å². The molecule has 0 radical (unpaired) electrons. The summed E-state index contributed by atoms with van der Waals surface area (Å²) in [6, 6.07) is 16.0. The maximum absolute atomic E-state index is 12.3. The molecule has 2 saturated carbocycles. The molecule has 0 saturated heterocycles. The van der Waals surface area contributed by atoms with Crippen LogP contribution in [-0.4, -0.2) is 40.0 Å². The van der Waals surface area contributed by atoms with E-state index in [0.29, 0.717) is 11.9 Å². The smallest absolute Gasteiger partial charge is 0.227 e. The summed E-state index contributed by atoms with van der Waals surface area (Å²) in [4.78, 5) is 18.8. The standard InChI is InChI=1S/C24H27N3O3/c1-27(19-13-10-17(14-19)22(28)25-18-11-12-18)24(29)16-8-6-15(7-9-16)23-26-20-4-2-3-5-21(20)30-23/h2-9,17-19,24,29H,10-14H2,1H3,(H,25,28)/t17-,19+,24?/m0/s1. The molecule has 2 N–H and O–H groups in total. The molecule has 1 amide bonds. The van der Waals surface area contributed by atoms with Gasteiger partial charge in [-0.25, -0.2) is 4.98 Å². The number of rotatable bonds is 6. The van der Waals surface area contributed by atoms with Gasteiger partial charge in [-0.2, -0.15) is 0 Å². The van der Waals surface area contributed by atoms with E-state index in [1.807, 2.05) is 60.5 Å². The van der Waals surface area contributed by atoms with Gasteiger partial charge in [-0.3, -0.25) is 9.69 Å². The van der Waals surface area contributed by atoms with E-state index in [-0.39, 0.29) is 17.9 Å². The van der Waals surface area contributed by atoms with Crippen molar-refractivity contribution in [2.75, 3.05) is 7.05 Å². The van der Waals surface area contributed by atoms with Gasteiger partial charge in [-0.15, -0.1) is 0 Å². The third-order valence-corrected chi connectivity index (χ3v) is 6.41. The van der Waals surface area contributed by atoms with Crippen molar-refractivity contribution in [3.05, 3.63) is 54.1 Å². The lowest BCUT2D eigenvalue weighted by Gasteiger charge is -2.29. The van der Waals surface area contributed by atoms with Crippen LogP contribution in [0.15, 0.2) is 52.9 Å². The summed E-state index contributed by atoms with van der Waals surface area (Å²) < 4.78 is 5.83. The Bertz CT molecular complexity index is 1010. The Hall–Kier alpha value is -2.70. The van der Waals surface area contributed by atoms with Crippen LogP contribution in [-0.2, 0) is 4.79 Å². The number of amides is 1. The van der Waals surface area contributed by atoms with E-state index in [1.54, 1.807) is 0 Å². The number of hydrogen-bond donors (Lipinski definition) is 2. The third-order valence-electron chi connectivity index (χ3n) is 6.41. The van der Waals surface area contributed by atoms with Crippen molar-refractivity contribution >= 4 is 17.0 Å². The lowest BCUT2D eigenvalue weighted by molar-refractivity contribution is -0.125. The van der Waals surface area contributed by atoms with Crippen LogP contribution in [0, 0.1) is 5.92 Å². The van der Waals surface area contributed by atoms with Gasteiger partial charge in [0.1, 0.15) is 11.7 Å². The van der Waals surface area contributed by atoms with Crippen LogP contribution < -0.4 is 5.32 Å². The number of aliphatic hydroxyl groups excluding tert-OH is 1. The summed E-state index contributed by atoms with van der Waals surface area (Å²) >= 11 is 0. The monoisotopic (exact) mass is 405 g/mol. The van der Waals surface area contributed by atoms with E-state index >= 15 is 0 Å². The Morgan fingerprint density at radius 1 is 1.13 bits per heavy atom. The lowest BCUT2D eigenvalue weighted by Crippen LogP contribution is -2.35. The number of carbonyl (C=O) groups excluding carboxylic acids is 1. The molecule has 0 bridgehead atoms. The molecule has 3 aromatic rings. The molecule has 30 heavy (non-hydrogen) atoms. The molecule has 6 heteroatoms. The van der Waals surface area contributed by atoms with E-state index in [9.17, 15) is 9.90 Å². The van der Waals surface area contributed by atoms with Crippen LogP contribution >= 0.6 is 0 Å². The fourth-order valence-corrected chi connectivity index (χ4v) is 4.34. The van der Waals surface area contributed by atoms with Gasteiger partial charge in [-0.05, 0) is 69.0 Å². The maximum atomic E-state index is 12.3. The summed E-state index contributed by atoms with van der Waals surface area (Å²) in [5.41, 5.74) is 3.29. The number of fused-ring (bicyclic) bond motifs is 1. The predicted octanol–water partition coefficient (Wildman–Crippen LogP) is 3.86. The van der Waals surface area contributed by atoms with Crippen molar-refractivity contribution in [3.8, 4) is 11.5 Å². The highest BCUT2D eigenvalue weighted by atomic mass is 16.3. The Kier molecular flexibility index (Phi) is 5.05. The topological polar surface area (TPSA) is 78.6 Å². The second-order valence-corrected chi connectivity index (χ2v) is 8.59. The summed E-state index contributed by atoms with van der Waals surface area (Å²) in [7, 11) is 1.94. The molecule has 0 aliphatic heterocycles. The first-order chi connectivity index (χ1) is 14.6. The van der Waals surface area contributed by atoms with Gasteiger partial charge in [0.05, 0.1) is 0 Å². The third kappa shape index (κ3) is 3.85. The lowest BCUT2D eigenvalue weighted by atomic mass is 10.1. The van der Waals surface area contributed by atoms with E-state index in [0.717, 1.165) is 54.3 Å². The zero-order valence-electron chi connectivity index (χ0n) is 17.1. The predicted molar refractivity (Wildman–Crippen MR) is 114 cm³/mol. The number of hydrogen-bond acceptors (Lipinski definition) is 5. The molecule has 2 aliphatic rings. The van der Waals surface area contributed by atoms with Gasteiger partial charge in [0.25, 0.3) is 0 Å². The number of nitrogens with one attached hydrogen (secondary N) is 1. The fraction of sp³-hybridized carbons (Fsp3) is 0.417. The minimum Gasteiger partial charge on any atom is -0.436 e. The number of nitrogens with zero attached hydrogens (tertiary/aromatic N) is 2. The molecule has 1 aromatic heterocycles. The molecule has 6 nitrogen and oxygen atoms in total. The molecule has 2 aromatic carbocycles. The Morgan fingerprint density at radius 2 is 1.90 bits per heavy atom. The summed E-state index contributed by atoms with van der Waals surface area (Å²) in [5, 5.41) is 14.0. The SMILES string of the molecule is CN(C(O)c1ccc(-c2nc3ccccc3o2)cc1)[C@@H]1CC[C@H](C(=O)NC2CC2)C1. The molecule has 1 heterocycles. The number of carbonyl (C=O) groups is 1. The van der Waals surface area contributed by atoms with Crippen LogP contribution in [0.2, 0.25) is 0 Å². The van der Waals surface area contributed by atoms with Crippen molar-refractivity contribution in [2.24, 2.45) is 5.92 Å². The summed E-state index contributed by atoms with van der Waals surface area (Å²) in [5.74, 6) is 0.822. The van der Waals surface area contributed by atoms with Crippen LogP contribution in [0.3, 0.4) is 0 Å². The van der Waals surface area contributed by atoms with Gasteiger partial charge in [0, 0.05) is 23.6 Å². The molecule has 2 fully saturated rings. The number of benzene rings is 2. The molecule has 156 valence electrons. The number of aliphatic hydroxyl groups is 1. The van der Waals surface area contributed by atoms with Gasteiger partial charge in [-0.1, -0.05) is 24.3 Å². The molecule has 1 unspecified atom stereocenters. The fourth-order valence-electron chi connectivity index (χ4n) is 4.34. The van der Waals surface area contributed by atoms with E-state index in [2.05, 4.69) is 10.3 Å². The molecule has 5 rings (SSSR count). The van der Waals surface area contributed by atoms with E-state index in [1.165, 1.54) is 0 Å². The molecule has 3 atom stereocenters. The van der Waals surface area contributed by atoms with E-state index < -0.39 is 6.23 Å². The molecule has 0 spiro atoms.